The Morgan fingerprint density at radius 3 is 2.69 bits per heavy atom. The molecule has 0 amide bonds. The average Bonchev–Trinajstić information content (AvgIpc) is 3.04. The number of hydrogen-bond acceptors (Lipinski definition) is 6. The Bertz CT molecular complexity index is 802. The molecule has 2 aromatic rings. The largest absolute Gasteiger partial charge is 0.442 e. The van der Waals surface area contributed by atoms with E-state index in [1.807, 2.05) is 33.8 Å². The van der Waals surface area contributed by atoms with E-state index in [0.29, 0.717) is 11.6 Å². The van der Waals surface area contributed by atoms with Crippen molar-refractivity contribution < 1.29 is 14.3 Å². The van der Waals surface area contributed by atoms with Crippen molar-refractivity contribution in [1.82, 2.24) is 14.8 Å². The molecule has 1 fully saturated rings. The van der Waals surface area contributed by atoms with Crippen LogP contribution in [0.3, 0.4) is 0 Å². The van der Waals surface area contributed by atoms with Crippen LogP contribution >= 0.6 is 0 Å². The van der Waals surface area contributed by atoms with Gasteiger partial charge in [-0.1, -0.05) is 0 Å². The quantitative estimate of drug-likeness (QED) is 0.883. The molecular formula is C19H26N4O3. The van der Waals surface area contributed by atoms with Crippen LogP contribution in [0.25, 0.3) is 11.3 Å². The first kappa shape index (κ1) is 18.4. The molecule has 0 bridgehead atoms. The summed E-state index contributed by atoms with van der Waals surface area (Å²) in [5, 5.41) is 4.13. The van der Waals surface area contributed by atoms with Crippen LogP contribution in [0.15, 0.2) is 18.5 Å². The van der Waals surface area contributed by atoms with Gasteiger partial charge in [0.25, 0.3) is 0 Å². The van der Waals surface area contributed by atoms with Crippen molar-refractivity contribution in [3.8, 4) is 11.3 Å². The molecule has 0 radical (unpaired) electrons. The van der Waals surface area contributed by atoms with Crippen molar-refractivity contribution in [2.75, 3.05) is 18.9 Å². The van der Waals surface area contributed by atoms with E-state index >= 15 is 0 Å². The summed E-state index contributed by atoms with van der Waals surface area (Å²) in [5.74, 6) is 0.295. The molecule has 0 spiro atoms. The van der Waals surface area contributed by atoms with E-state index < -0.39 is 11.7 Å². The maximum atomic E-state index is 12.2. The second-order valence-corrected chi connectivity index (χ2v) is 7.67. The van der Waals surface area contributed by atoms with Crippen LogP contribution in [0.5, 0.6) is 0 Å². The number of nitrogens with zero attached hydrogens (tertiary/aromatic N) is 3. The van der Waals surface area contributed by atoms with Crippen molar-refractivity contribution in [2.24, 2.45) is 0 Å². The van der Waals surface area contributed by atoms with Crippen molar-refractivity contribution in [3.05, 3.63) is 29.7 Å². The molecule has 7 nitrogen and oxygen atoms in total. The summed E-state index contributed by atoms with van der Waals surface area (Å²) in [6.45, 7) is 8.87. The minimum absolute atomic E-state index is 0.295. The SMILES string of the molecule is Cc1cc(N)c(C2CCOCC2)nc1-c1cnn(C(=O)OC(C)(C)C)c1. The number of nitrogens with two attached hydrogens (primary N) is 1. The van der Waals surface area contributed by atoms with Gasteiger partial charge in [-0.2, -0.15) is 9.78 Å². The Morgan fingerprint density at radius 1 is 1.35 bits per heavy atom. The van der Waals surface area contributed by atoms with E-state index in [0.717, 1.165) is 48.6 Å². The molecule has 26 heavy (non-hydrogen) atoms. The lowest BCUT2D eigenvalue weighted by Crippen LogP contribution is -2.27. The molecular weight excluding hydrogens is 332 g/mol. The van der Waals surface area contributed by atoms with Crippen LogP contribution in [-0.2, 0) is 9.47 Å². The Morgan fingerprint density at radius 2 is 2.04 bits per heavy atom. The van der Waals surface area contributed by atoms with Crippen molar-refractivity contribution in [1.29, 1.82) is 0 Å². The molecule has 0 atom stereocenters. The first-order chi connectivity index (χ1) is 12.2. The fourth-order valence-electron chi connectivity index (χ4n) is 3.09. The Labute approximate surface area is 153 Å². The molecule has 0 aliphatic carbocycles. The van der Waals surface area contributed by atoms with Crippen LogP contribution in [0.4, 0.5) is 10.5 Å². The smallest absolute Gasteiger partial charge is 0.435 e. The third-order valence-corrected chi connectivity index (χ3v) is 4.32. The van der Waals surface area contributed by atoms with Gasteiger partial charge in [-0.25, -0.2) is 9.78 Å². The van der Waals surface area contributed by atoms with Gasteiger partial charge in [-0.3, -0.25) is 0 Å². The third-order valence-electron chi connectivity index (χ3n) is 4.32. The van der Waals surface area contributed by atoms with Gasteiger partial charge in [-0.05, 0) is 52.2 Å². The number of carbonyl (C=O) groups excluding carboxylic acids is 1. The highest BCUT2D eigenvalue weighted by molar-refractivity contribution is 5.73. The minimum Gasteiger partial charge on any atom is -0.442 e. The van der Waals surface area contributed by atoms with Gasteiger partial charge in [0.2, 0.25) is 0 Å². The number of aromatic nitrogens is 3. The van der Waals surface area contributed by atoms with Gasteiger partial charge in [0.05, 0.1) is 23.3 Å². The molecule has 0 aromatic carbocycles. The van der Waals surface area contributed by atoms with Crippen LogP contribution < -0.4 is 5.73 Å². The molecule has 140 valence electrons. The Hall–Kier alpha value is -2.41. The lowest BCUT2D eigenvalue weighted by atomic mass is 9.93. The molecule has 1 saturated heterocycles. The molecule has 1 aliphatic heterocycles. The number of ether oxygens (including phenoxy) is 2. The highest BCUT2D eigenvalue weighted by Gasteiger charge is 2.23. The van der Waals surface area contributed by atoms with E-state index in [-0.39, 0.29) is 0 Å². The predicted molar refractivity (Wildman–Crippen MR) is 99.0 cm³/mol. The highest BCUT2D eigenvalue weighted by Crippen LogP contribution is 2.33. The van der Waals surface area contributed by atoms with Crippen molar-refractivity contribution in [2.45, 2.75) is 52.1 Å². The fourth-order valence-corrected chi connectivity index (χ4v) is 3.09. The zero-order valence-electron chi connectivity index (χ0n) is 15.8. The number of pyridine rings is 1. The van der Waals surface area contributed by atoms with E-state index in [4.69, 9.17) is 20.2 Å². The van der Waals surface area contributed by atoms with E-state index in [1.165, 1.54) is 4.68 Å². The standard InChI is InChI=1S/C19H26N4O3/c1-12-9-15(20)17(13-5-7-25-8-6-13)22-16(12)14-10-21-23(11-14)18(24)26-19(2,3)4/h9-11,13H,5-8,20H2,1-4H3. The Kier molecular flexibility index (Phi) is 5.00. The molecule has 0 unspecified atom stereocenters. The summed E-state index contributed by atoms with van der Waals surface area (Å²) in [5.41, 5.74) is 9.76. The number of anilines is 1. The molecule has 2 aromatic heterocycles. The number of aryl methyl sites for hydroxylation is 1. The summed E-state index contributed by atoms with van der Waals surface area (Å²) in [6, 6.07) is 1.94. The molecule has 7 heteroatoms. The van der Waals surface area contributed by atoms with Crippen LogP contribution in [0.2, 0.25) is 0 Å². The van der Waals surface area contributed by atoms with E-state index in [9.17, 15) is 4.79 Å². The third kappa shape index (κ3) is 4.04. The summed E-state index contributed by atoms with van der Waals surface area (Å²) in [7, 11) is 0. The first-order valence-corrected chi connectivity index (χ1v) is 8.88. The fraction of sp³-hybridized carbons (Fsp3) is 0.526. The molecule has 2 N–H and O–H groups in total. The minimum atomic E-state index is -0.575. The zero-order chi connectivity index (χ0) is 18.9. The second kappa shape index (κ2) is 7.07. The van der Waals surface area contributed by atoms with E-state index in [1.54, 1.807) is 12.4 Å². The maximum Gasteiger partial charge on any atom is 0.435 e. The van der Waals surface area contributed by atoms with Crippen molar-refractivity contribution in [3.63, 3.8) is 0 Å². The summed E-state index contributed by atoms with van der Waals surface area (Å²) in [4.78, 5) is 17.0. The summed E-state index contributed by atoms with van der Waals surface area (Å²) in [6.07, 6.45) is 4.59. The van der Waals surface area contributed by atoms with Gasteiger partial charge in [0, 0.05) is 30.9 Å². The first-order valence-electron chi connectivity index (χ1n) is 8.88. The van der Waals surface area contributed by atoms with E-state index in [2.05, 4.69) is 5.10 Å². The maximum absolute atomic E-state index is 12.2. The van der Waals surface area contributed by atoms with Gasteiger partial charge < -0.3 is 15.2 Å². The number of carbonyl (C=O) groups is 1. The lowest BCUT2D eigenvalue weighted by Gasteiger charge is -2.23. The second-order valence-electron chi connectivity index (χ2n) is 7.67. The number of rotatable bonds is 2. The topological polar surface area (TPSA) is 92.3 Å². The molecule has 0 saturated carbocycles. The molecule has 3 rings (SSSR count). The zero-order valence-corrected chi connectivity index (χ0v) is 15.8. The normalized spacial score (nSPS) is 15.8. The molecule has 3 heterocycles. The average molecular weight is 358 g/mol. The highest BCUT2D eigenvalue weighted by atomic mass is 16.6. The van der Waals surface area contributed by atoms with Gasteiger partial charge in [0.15, 0.2) is 0 Å². The van der Waals surface area contributed by atoms with Crippen LogP contribution in [-0.4, -0.2) is 39.7 Å². The monoisotopic (exact) mass is 358 g/mol. The van der Waals surface area contributed by atoms with Gasteiger partial charge >= 0.3 is 6.09 Å². The lowest BCUT2D eigenvalue weighted by molar-refractivity contribution is 0.0514. The number of nitrogen functional groups attached to an aromatic ring is 1. The van der Waals surface area contributed by atoms with Crippen LogP contribution in [0, 0.1) is 6.92 Å². The summed E-state index contributed by atoms with van der Waals surface area (Å²) >= 11 is 0. The Balaban J connectivity index is 1.90. The summed E-state index contributed by atoms with van der Waals surface area (Å²) < 4.78 is 12.0. The molecule has 1 aliphatic rings. The van der Waals surface area contributed by atoms with Crippen LogP contribution in [0.1, 0.15) is 50.8 Å². The van der Waals surface area contributed by atoms with Gasteiger partial charge in [0.1, 0.15) is 5.60 Å². The number of hydrogen-bond donors (Lipinski definition) is 1. The van der Waals surface area contributed by atoms with Gasteiger partial charge in [-0.15, -0.1) is 0 Å². The van der Waals surface area contributed by atoms with Crippen molar-refractivity contribution >= 4 is 11.8 Å². The predicted octanol–water partition coefficient (Wildman–Crippen LogP) is 3.51.